The number of nitrogens with zero attached hydrogens (tertiary/aromatic N) is 1. The first-order valence-electron chi connectivity index (χ1n) is 8.26. The van der Waals surface area contributed by atoms with Crippen LogP contribution in [0, 0.1) is 13.8 Å². The molecular formula is C21H17F3N2O. The van der Waals surface area contributed by atoms with E-state index in [9.17, 15) is 18.0 Å². The Kier molecular flexibility index (Phi) is 4.99. The summed E-state index contributed by atoms with van der Waals surface area (Å²) in [5.74, 6) is 0.0886. The minimum Gasteiger partial charge on any atom is -0.340 e. The van der Waals surface area contributed by atoms with E-state index in [-0.39, 0.29) is 5.78 Å². The Labute approximate surface area is 154 Å². The lowest BCUT2D eigenvalue weighted by atomic mass is 10.00. The van der Waals surface area contributed by atoms with Crippen LogP contribution in [0.1, 0.15) is 32.6 Å². The molecule has 2 aromatic carbocycles. The predicted octanol–water partition coefficient (Wildman–Crippen LogP) is 5.69. The highest BCUT2D eigenvalue weighted by Gasteiger charge is 2.30. The average Bonchev–Trinajstić information content (AvgIpc) is 2.60. The van der Waals surface area contributed by atoms with E-state index >= 15 is 0 Å². The molecule has 3 rings (SSSR count). The average molecular weight is 370 g/mol. The lowest BCUT2D eigenvalue weighted by Crippen LogP contribution is -2.08. The first-order valence-corrected chi connectivity index (χ1v) is 8.26. The number of hydrogen-bond acceptors (Lipinski definition) is 3. The Hall–Kier alpha value is -3.15. The third-order valence-electron chi connectivity index (χ3n) is 4.01. The molecule has 3 aromatic rings. The summed E-state index contributed by atoms with van der Waals surface area (Å²) in [4.78, 5) is 17.1. The molecule has 138 valence electrons. The molecule has 1 aromatic heterocycles. The van der Waals surface area contributed by atoms with Crippen molar-refractivity contribution >= 4 is 17.3 Å². The molecule has 0 amide bonds. The third kappa shape index (κ3) is 4.34. The van der Waals surface area contributed by atoms with E-state index in [1.165, 1.54) is 18.3 Å². The second kappa shape index (κ2) is 7.23. The van der Waals surface area contributed by atoms with Gasteiger partial charge in [-0.1, -0.05) is 17.2 Å². The second-order valence-electron chi connectivity index (χ2n) is 6.31. The van der Waals surface area contributed by atoms with Crippen LogP contribution in [-0.4, -0.2) is 10.8 Å². The molecule has 1 N–H and O–H groups in total. The molecule has 0 aliphatic heterocycles. The molecule has 3 nitrogen and oxygen atoms in total. The molecule has 0 unspecified atom stereocenters. The van der Waals surface area contributed by atoms with E-state index in [2.05, 4.69) is 10.3 Å². The van der Waals surface area contributed by atoms with Gasteiger partial charge in [-0.15, -0.1) is 0 Å². The fourth-order valence-corrected chi connectivity index (χ4v) is 2.83. The number of ketones is 1. The summed E-state index contributed by atoms with van der Waals surface area (Å²) in [5, 5.41) is 2.93. The van der Waals surface area contributed by atoms with Crippen molar-refractivity contribution < 1.29 is 18.0 Å². The number of nitrogens with one attached hydrogen (secondary N) is 1. The Morgan fingerprint density at radius 3 is 2.19 bits per heavy atom. The number of pyridine rings is 1. The van der Waals surface area contributed by atoms with Gasteiger partial charge in [0.25, 0.3) is 0 Å². The molecule has 0 atom stereocenters. The third-order valence-corrected chi connectivity index (χ3v) is 4.01. The van der Waals surface area contributed by atoms with Crippen molar-refractivity contribution in [1.82, 2.24) is 4.98 Å². The topological polar surface area (TPSA) is 42.0 Å². The number of carbonyl (C=O) groups is 1. The quantitative estimate of drug-likeness (QED) is 0.600. The van der Waals surface area contributed by atoms with Gasteiger partial charge >= 0.3 is 6.18 Å². The lowest BCUT2D eigenvalue weighted by molar-refractivity contribution is -0.137. The number of carbonyl (C=O) groups excluding carboxylic acids is 1. The summed E-state index contributed by atoms with van der Waals surface area (Å²) in [6.07, 6.45) is -2.88. The number of aromatic nitrogens is 1. The van der Waals surface area contributed by atoms with Crippen molar-refractivity contribution in [2.24, 2.45) is 0 Å². The predicted molar refractivity (Wildman–Crippen MR) is 98.3 cm³/mol. The van der Waals surface area contributed by atoms with Crippen LogP contribution in [0.15, 0.2) is 60.8 Å². The van der Waals surface area contributed by atoms with Gasteiger partial charge in [-0.3, -0.25) is 4.79 Å². The van der Waals surface area contributed by atoms with Crippen LogP contribution in [-0.2, 0) is 6.18 Å². The standard InChI is InChI=1S/C21H17F3N2O/c1-13-10-14(2)12-15(11-13)19(27)18-4-3-9-25-20(18)26-17-7-5-16(6-8-17)21(22,23)24/h3-12H,1-2H3,(H,25,26). The van der Waals surface area contributed by atoms with Crippen LogP contribution < -0.4 is 5.32 Å². The van der Waals surface area contributed by atoms with Gasteiger partial charge in [0.1, 0.15) is 5.82 Å². The van der Waals surface area contributed by atoms with Crippen molar-refractivity contribution in [3.63, 3.8) is 0 Å². The van der Waals surface area contributed by atoms with E-state index in [0.717, 1.165) is 23.3 Å². The van der Waals surface area contributed by atoms with E-state index < -0.39 is 11.7 Å². The fraction of sp³-hybridized carbons (Fsp3) is 0.143. The number of alkyl halides is 3. The zero-order chi connectivity index (χ0) is 19.6. The highest BCUT2D eigenvalue weighted by atomic mass is 19.4. The molecule has 1 heterocycles. The monoisotopic (exact) mass is 370 g/mol. The van der Waals surface area contributed by atoms with Crippen LogP contribution in [0.4, 0.5) is 24.7 Å². The smallest absolute Gasteiger partial charge is 0.340 e. The SMILES string of the molecule is Cc1cc(C)cc(C(=O)c2cccnc2Nc2ccc(C(F)(F)F)cc2)c1. The Morgan fingerprint density at radius 1 is 0.963 bits per heavy atom. The highest BCUT2D eigenvalue weighted by Crippen LogP contribution is 2.30. The van der Waals surface area contributed by atoms with Crippen LogP contribution in [0.25, 0.3) is 0 Å². The first kappa shape index (κ1) is 18.6. The molecule has 0 saturated carbocycles. The van der Waals surface area contributed by atoms with Crippen LogP contribution in [0.2, 0.25) is 0 Å². The highest BCUT2D eigenvalue weighted by molar-refractivity contribution is 6.12. The molecule has 0 spiro atoms. The first-order chi connectivity index (χ1) is 12.7. The maximum Gasteiger partial charge on any atom is 0.416 e. The zero-order valence-electron chi connectivity index (χ0n) is 14.8. The molecule has 0 bridgehead atoms. The van der Waals surface area contributed by atoms with Crippen LogP contribution in [0.3, 0.4) is 0 Å². The van der Waals surface area contributed by atoms with E-state index in [1.54, 1.807) is 24.3 Å². The fourth-order valence-electron chi connectivity index (χ4n) is 2.83. The number of benzene rings is 2. The Balaban J connectivity index is 1.91. The molecule has 6 heteroatoms. The van der Waals surface area contributed by atoms with Crippen molar-refractivity contribution in [1.29, 1.82) is 0 Å². The van der Waals surface area contributed by atoms with Crippen LogP contribution >= 0.6 is 0 Å². The van der Waals surface area contributed by atoms with Crippen molar-refractivity contribution in [2.75, 3.05) is 5.32 Å². The minimum atomic E-state index is -4.40. The summed E-state index contributed by atoms with van der Waals surface area (Å²) in [7, 11) is 0. The van der Waals surface area contributed by atoms with E-state index in [1.807, 2.05) is 19.9 Å². The number of rotatable bonds is 4. The number of anilines is 2. The molecule has 0 radical (unpaired) electrons. The molecule has 0 saturated heterocycles. The van der Waals surface area contributed by atoms with Crippen LogP contribution in [0.5, 0.6) is 0 Å². The van der Waals surface area contributed by atoms with E-state index in [4.69, 9.17) is 0 Å². The van der Waals surface area contributed by atoms with Gasteiger partial charge in [0.2, 0.25) is 0 Å². The summed E-state index contributed by atoms with van der Waals surface area (Å²) in [6, 6.07) is 13.4. The van der Waals surface area contributed by atoms with Gasteiger partial charge < -0.3 is 5.32 Å². The van der Waals surface area contributed by atoms with Gasteiger partial charge in [0.05, 0.1) is 11.1 Å². The lowest BCUT2D eigenvalue weighted by Gasteiger charge is -2.12. The number of hydrogen-bond donors (Lipinski definition) is 1. The molecule has 27 heavy (non-hydrogen) atoms. The maximum atomic E-state index is 12.9. The summed E-state index contributed by atoms with van der Waals surface area (Å²) in [6.45, 7) is 3.82. The van der Waals surface area contributed by atoms with Gasteiger partial charge in [-0.25, -0.2) is 4.98 Å². The minimum absolute atomic E-state index is 0.204. The zero-order valence-corrected chi connectivity index (χ0v) is 14.8. The molecular weight excluding hydrogens is 353 g/mol. The van der Waals surface area contributed by atoms with Crippen molar-refractivity contribution in [3.8, 4) is 0 Å². The van der Waals surface area contributed by atoms with Gasteiger partial charge in [-0.05, 0) is 62.4 Å². The summed E-state index contributed by atoms with van der Waals surface area (Å²) in [5.41, 5.74) is 2.51. The maximum absolute atomic E-state index is 12.9. The molecule has 0 aliphatic rings. The van der Waals surface area contributed by atoms with Crippen molar-refractivity contribution in [3.05, 3.63) is 88.6 Å². The second-order valence-corrected chi connectivity index (χ2v) is 6.31. The largest absolute Gasteiger partial charge is 0.416 e. The summed E-state index contributed by atoms with van der Waals surface area (Å²) < 4.78 is 38.1. The number of halogens is 3. The normalized spacial score (nSPS) is 11.3. The molecule has 0 fully saturated rings. The van der Waals surface area contributed by atoms with Gasteiger partial charge in [0.15, 0.2) is 5.78 Å². The Bertz CT molecular complexity index is 959. The van der Waals surface area contributed by atoms with Gasteiger partial charge in [0, 0.05) is 17.4 Å². The van der Waals surface area contributed by atoms with E-state index in [0.29, 0.717) is 22.6 Å². The van der Waals surface area contributed by atoms with Gasteiger partial charge in [-0.2, -0.15) is 13.2 Å². The van der Waals surface area contributed by atoms with Crippen molar-refractivity contribution in [2.45, 2.75) is 20.0 Å². The number of aryl methyl sites for hydroxylation is 2. The Morgan fingerprint density at radius 2 is 1.59 bits per heavy atom. The molecule has 0 aliphatic carbocycles. The summed E-state index contributed by atoms with van der Waals surface area (Å²) >= 11 is 0.